The number of hydrogen-bond donors (Lipinski definition) is 0. The van der Waals surface area contributed by atoms with Gasteiger partial charge in [-0.3, -0.25) is 4.90 Å². The number of hydrogen-bond acceptors (Lipinski definition) is 2. The summed E-state index contributed by atoms with van der Waals surface area (Å²) in [4.78, 5) is 2.67. The van der Waals surface area contributed by atoms with Crippen LogP contribution in [0.4, 0.5) is 0 Å². The van der Waals surface area contributed by atoms with Crippen LogP contribution in [0.15, 0.2) is 18.2 Å². The van der Waals surface area contributed by atoms with Gasteiger partial charge in [0.2, 0.25) is 0 Å². The quantitative estimate of drug-likeness (QED) is 0.794. The minimum absolute atomic E-state index is 0.541. The Balaban J connectivity index is 1.74. The van der Waals surface area contributed by atoms with Crippen molar-refractivity contribution in [2.24, 2.45) is 0 Å². The molecule has 0 bridgehead atoms. The lowest BCUT2D eigenvalue weighted by Gasteiger charge is -2.36. The third kappa shape index (κ3) is 2.28. The largest absolute Gasteiger partial charge is 0.300 e. The topological polar surface area (TPSA) is 27.0 Å². The normalized spacial score (nSPS) is 20.6. The van der Waals surface area contributed by atoms with Gasteiger partial charge in [-0.1, -0.05) is 24.6 Å². The molecule has 1 fully saturated rings. The molecule has 1 aliphatic heterocycles. The Morgan fingerprint density at radius 2 is 1.94 bits per heavy atom. The lowest BCUT2D eigenvalue weighted by Crippen LogP contribution is -2.41. The number of nitrogens with zero attached hydrogens (tertiary/aromatic N) is 2. The predicted molar refractivity (Wildman–Crippen MR) is 72.4 cm³/mol. The van der Waals surface area contributed by atoms with Gasteiger partial charge in [0.25, 0.3) is 0 Å². The van der Waals surface area contributed by atoms with Crippen LogP contribution in [0.25, 0.3) is 0 Å². The van der Waals surface area contributed by atoms with Crippen molar-refractivity contribution in [1.82, 2.24) is 4.90 Å². The van der Waals surface area contributed by atoms with Gasteiger partial charge in [0.1, 0.15) is 0 Å². The highest BCUT2D eigenvalue weighted by Crippen LogP contribution is 2.27. The van der Waals surface area contributed by atoms with Crippen LogP contribution < -0.4 is 0 Å². The molecule has 2 nitrogen and oxygen atoms in total. The van der Waals surface area contributed by atoms with Crippen molar-refractivity contribution in [3.63, 3.8) is 0 Å². The molecule has 1 aromatic rings. The molecule has 2 heteroatoms. The maximum Gasteiger partial charge on any atom is 0.0669 e. The zero-order valence-electron chi connectivity index (χ0n) is 10.9. The summed E-state index contributed by atoms with van der Waals surface area (Å²) in [6, 6.07) is 9.72. The molecular formula is C16H20N2. The minimum Gasteiger partial charge on any atom is -0.300 e. The third-order valence-corrected chi connectivity index (χ3v) is 4.48. The van der Waals surface area contributed by atoms with E-state index in [1.54, 1.807) is 0 Å². The van der Waals surface area contributed by atoms with Gasteiger partial charge >= 0.3 is 0 Å². The summed E-state index contributed by atoms with van der Waals surface area (Å²) in [5.41, 5.74) is 4.15. The molecule has 0 radical (unpaired) electrons. The summed E-state index contributed by atoms with van der Waals surface area (Å²) >= 11 is 0. The molecule has 0 spiro atoms. The van der Waals surface area contributed by atoms with Crippen LogP contribution in [0.3, 0.4) is 0 Å². The first kappa shape index (κ1) is 11.7. The minimum atomic E-state index is 0.541. The molecule has 0 atom stereocenters. The fourth-order valence-electron chi connectivity index (χ4n) is 3.11. The molecule has 0 saturated heterocycles. The van der Waals surface area contributed by atoms with Crippen molar-refractivity contribution in [2.45, 2.75) is 44.6 Å². The second-order valence-corrected chi connectivity index (χ2v) is 5.56. The zero-order chi connectivity index (χ0) is 12.4. The van der Waals surface area contributed by atoms with Crippen molar-refractivity contribution >= 4 is 0 Å². The summed E-state index contributed by atoms with van der Waals surface area (Å²) in [7, 11) is 0. The van der Waals surface area contributed by atoms with Gasteiger partial charge < -0.3 is 0 Å². The highest BCUT2D eigenvalue weighted by atomic mass is 15.2. The van der Waals surface area contributed by atoms with E-state index < -0.39 is 0 Å². The fourth-order valence-corrected chi connectivity index (χ4v) is 3.11. The number of rotatable bonds is 2. The standard InChI is InChI=1S/C16H20N2/c17-9-6-13-4-5-14-7-10-18(16-2-1-3-16)11-8-15(14)12-13/h4-5,12,16H,1-3,6-8,10-11H2. The molecule has 3 rings (SSSR count). The predicted octanol–water partition coefficient (Wildman–Crippen LogP) is 2.71. The Morgan fingerprint density at radius 1 is 1.17 bits per heavy atom. The molecule has 0 aromatic heterocycles. The molecule has 1 heterocycles. The first-order valence-electron chi connectivity index (χ1n) is 7.08. The number of fused-ring (bicyclic) bond motifs is 1. The second-order valence-electron chi connectivity index (χ2n) is 5.56. The van der Waals surface area contributed by atoms with Gasteiger partial charge in [-0.25, -0.2) is 0 Å². The summed E-state index contributed by atoms with van der Waals surface area (Å²) in [5.74, 6) is 0. The van der Waals surface area contributed by atoms with Crippen LogP contribution in [0.5, 0.6) is 0 Å². The lowest BCUT2D eigenvalue weighted by molar-refractivity contribution is 0.133. The second kappa shape index (κ2) is 5.12. The van der Waals surface area contributed by atoms with E-state index >= 15 is 0 Å². The Labute approximate surface area is 109 Å². The molecule has 0 amide bonds. The summed E-state index contributed by atoms with van der Waals surface area (Å²) in [6.07, 6.45) is 7.09. The molecular weight excluding hydrogens is 220 g/mol. The lowest BCUT2D eigenvalue weighted by atomic mass is 9.91. The van der Waals surface area contributed by atoms with Crippen molar-refractivity contribution in [2.75, 3.05) is 13.1 Å². The Bertz CT molecular complexity index is 468. The van der Waals surface area contributed by atoms with Crippen LogP contribution in [0, 0.1) is 11.3 Å². The highest BCUT2D eigenvalue weighted by molar-refractivity contribution is 5.34. The van der Waals surface area contributed by atoms with Crippen molar-refractivity contribution in [3.8, 4) is 6.07 Å². The summed E-state index contributed by atoms with van der Waals surface area (Å²) < 4.78 is 0. The van der Waals surface area contributed by atoms with E-state index in [0.29, 0.717) is 6.42 Å². The van der Waals surface area contributed by atoms with Crippen LogP contribution in [-0.4, -0.2) is 24.0 Å². The first-order chi connectivity index (χ1) is 8.86. The van der Waals surface area contributed by atoms with E-state index in [0.717, 1.165) is 12.5 Å². The van der Waals surface area contributed by atoms with Crippen molar-refractivity contribution in [3.05, 3.63) is 34.9 Å². The molecule has 94 valence electrons. The van der Waals surface area contributed by atoms with E-state index in [1.807, 2.05) is 0 Å². The van der Waals surface area contributed by atoms with Gasteiger partial charge in [-0.15, -0.1) is 0 Å². The molecule has 18 heavy (non-hydrogen) atoms. The average molecular weight is 240 g/mol. The Morgan fingerprint density at radius 3 is 2.61 bits per heavy atom. The van der Waals surface area contributed by atoms with Gasteiger partial charge in [0.05, 0.1) is 12.5 Å². The van der Waals surface area contributed by atoms with Gasteiger partial charge in [-0.05, 0) is 42.4 Å². The maximum atomic E-state index is 8.78. The number of benzene rings is 1. The molecule has 0 unspecified atom stereocenters. The zero-order valence-corrected chi connectivity index (χ0v) is 10.9. The molecule has 1 aromatic carbocycles. The first-order valence-corrected chi connectivity index (χ1v) is 7.08. The molecule has 1 aliphatic carbocycles. The maximum absolute atomic E-state index is 8.78. The smallest absolute Gasteiger partial charge is 0.0669 e. The SMILES string of the molecule is N#CCc1ccc2c(c1)CCN(C1CCC1)CC2. The third-order valence-electron chi connectivity index (χ3n) is 4.48. The van der Waals surface area contributed by atoms with Crippen LogP contribution >= 0.6 is 0 Å². The molecule has 0 N–H and O–H groups in total. The van der Waals surface area contributed by atoms with Crippen molar-refractivity contribution < 1.29 is 0 Å². The van der Waals surface area contributed by atoms with Crippen LogP contribution in [0.1, 0.15) is 36.0 Å². The van der Waals surface area contributed by atoms with Crippen LogP contribution in [0.2, 0.25) is 0 Å². The Kier molecular flexibility index (Phi) is 3.34. The van der Waals surface area contributed by atoms with Gasteiger partial charge in [0.15, 0.2) is 0 Å². The summed E-state index contributed by atoms with van der Waals surface area (Å²) in [6.45, 7) is 2.42. The highest BCUT2D eigenvalue weighted by Gasteiger charge is 2.26. The molecule has 1 saturated carbocycles. The van der Waals surface area contributed by atoms with Crippen LogP contribution in [-0.2, 0) is 19.3 Å². The monoisotopic (exact) mass is 240 g/mol. The van der Waals surface area contributed by atoms with E-state index in [4.69, 9.17) is 5.26 Å². The van der Waals surface area contributed by atoms with E-state index in [2.05, 4.69) is 29.2 Å². The number of nitriles is 1. The van der Waals surface area contributed by atoms with E-state index in [-0.39, 0.29) is 0 Å². The fraction of sp³-hybridized carbons (Fsp3) is 0.562. The van der Waals surface area contributed by atoms with Gasteiger partial charge in [0, 0.05) is 19.1 Å². The average Bonchev–Trinajstić information content (AvgIpc) is 2.51. The molecule has 2 aliphatic rings. The Hall–Kier alpha value is -1.33. The van der Waals surface area contributed by atoms with E-state index in [9.17, 15) is 0 Å². The van der Waals surface area contributed by atoms with E-state index in [1.165, 1.54) is 55.5 Å². The summed E-state index contributed by atoms with van der Waals surface area (Å²) in [5, 5.41) is 8.78. The van der Waals surface area contributed by atoms with Gasteiger partial charge in [-0.2, -0.15) is 5.26 Å². The van der Waals surface area contributed by atoms with Crippen molar-refractivity contribution in [1.29, 1.82) is 5.26 Å².